The minimum Gasteiger partial charge on any atom is -0.342 e. The first-order chi connectivity index (χ1) is 5.88. The van der Waals surface area contributed by atoms with Crippen molar-refractivity contribution >= 4 is 5.69 Å². The van der Waals surface area contributed by atoms with Gasteiger partial charge in [0.2, 0.25) is 0 Å². The summed E-state index contributed by atoms with van der Waals surface area (Å²) in [6.45, 7) is 1.96. The molecule has 3 nitrogen and oxygen atoms in total. The van der Waals surface area contributed by atoms with Gasteiger partial charge < -0.3 is 4.90 Å². The molecule has 3 N–H and O–H groups in total. The second-order valence-corrected chi connectivity index (χ2v) is 2.93. The molecule has 12 heavy (non-hydrogen) atoms. The van der Waals surface area contributed by atoms with E-state index in [0.29, 0.717) is 0 Å². The number of benzene rings is 1. The van der Waals surface area contributed by atoms with Crippen LogP contribution in [0, 0.1) is 0 Å². The average Bonchev–Trinajstić information content (AvgIpc) is 2.53. The van der Waals surface area contributed by atoms with Crippen molar-refractivity contribution in [3.05, 3.63) is 30.3 Å². The summed E-state index contributed by atoms with van der Waals surface area (Å²) in [5.41, 5.74) is 7.02. The number of hydrogen-bond donors (Lipinski definition) is 2. The summed E-state index contributed by atoms with van der Waals surface area (Å²) < 4.78 is 0. The second kappa shape index (κ2) is 3.13. The molecule has 0 aromatic heterocycles. The normalized spacial score (nSPS) is 23.1. The SMILES string of the molecule is NC1NCCN1c1ccccc1. The van der Waals surface area contributed by atoms with Crippen LogP contribution in [0.25, 0.3) is 0 Å². The maximum absolute atomic E-state index is 5.83. The van der Waals surface area contributed by atoms with E-state index in [1.807, 2.05) is 18.2 Å². The van der Waals surface area contributed by atoms with Crippen molar-refractivity contribution in [2.45, 2.75) is 6.29 Å². The minimum atomic E-state index is -0.0209. The highest BCUT2D eigenvalue weighted by atomic mass is 15.4. The van der Waals surface area contributed by atoms with Gasteiger partial charge in [-0.2, -0.15) is 0 Å². The van der Waals surface area contributed by atoms with Crippen LogP contribution >= 0.6 is 0 Å². The fourth-order valence-electron chi connectivity index (χ4n) is 1.49. The summed E-state index contributed by atoms with van der Waals surface area (Å²) in [7, 11) is 0. The summed E-state index contributed by atoms with van der Waals surface area (Å²) >= 11 is 0. The maximum atomic E-state index is 5.83. The summed E-state index contributed by atoms with van der Waals surface area (Å²) in [6.07, 6.45) is -0.0209. The fourth-order valence-corrected chi connectivity index (χ4v) is 1.49. The largest absolute Gasteiger partial charge is 0.342 e. The van der Waals surface area contributed by atoms with Gasteiger partial charge in [-0.05, 0) is 12.1 Å². The van der Waals surface area contributed by atoms with Crippen molar-refractivity contribution in [3.63, 3.8) is 0 Å². The molecule has 1 aliphatic rings. The van der Waals surface area contributed by atoms with E-state index in [9.17, 15) is 0 Å². The van der Waals surface area contributed by atoms with E-state index < -0.39 is 0 Å². The van der Waals surface area contributed by atoms with Gasteiger partial charge in [-0.25, -0.2) is 0 Å². The molecule has 1 aromatic carbocycles. The molecule has 1 saturated heterocycles. The maximum Gasteiger partial charge on any atom is 0.132 e. The molecule has 0 aliphatic carbocycles. The molecule has 1 aromatic rings. The van der Waals surface area contributed by atoms with Crippen LogP contribution in [0.15, 0.2) is 30.3 Å². The van der Waals surface area contributed by atoms with Crippen molar-refractivity contribution in [2.75, 3.05) is 18.0 Å². The molecule has 64 valence electrons. The molecule has 1 fully saturated rings. The lowest BCUT2D eigenvalue weighted by Crippen LogP contribution is -2.43. The van der Waals surface area contributed by atoms with E-state index in [1.165, 1.54) is 5.69 Å². The molecule has 0 radical (unpaired) electrons. The average molecular weight is 163 g/mol. The van der Waals surface area contributed by atoms with Gasteiger partial charge in [-0.1, -0.05) is 18.2 Å². The second-order valence-electron chi connectivity index (χ2n) is 2.93. The third-order valence-corrected chi connectivity index (χ3v) is 2.13. The third kappa shape index (κ3) is 1.29. The fraction of sp³-hybridized carbons (Fsp3) is 0.333. The minimum absolute atomic E-state index is 0.0209. The molecule has 3 heteroatoms. The first-order valence-corrected chi connectivity index (χ1v) is 4.18. The van der Waals surface area contributed by atoms with Crippen LogP contribution in [-0.4, -0.2) is 19.4 Å². The zero-order valence-electron chi connectivity index (χ0n) is 6.90. The smallest absolute Gasteiger partial charge is 0.132 e. The molecule has 0 spiro atoms. The Bertz CT molecular complexity index is 247. The Balaban J connectivity index is 2.19. The highest BCUT2D eigenvalue weighted by Crippen LogP contribution is 2.15. The highest BCUT2D eigenvalue weighted by molar-refractivity contribution is 5.47. The van der Waals surface area contributed by atoms with Gasteiger partial charge in [-0.3, -0.25) is 11.1 Å². The van der Waals surface area contributed by atoms with Gasteiger partial charge in [0.05, 0.1) is 0 Å². The highest BCUT2D eigenvalue weighted by Gasteiger charge is 2.19. The monoisotopic (exact) mass is 163 g/mol. The number of nitrogens with two attached hydrogens (primary N) is 1. The topological polar surface area (TPSA) is 41.3 Å². The van der Waals surface area contributed by atoms with E-state index in [-0.39, 0.29) is 6.29 Å². The van der Waals surface area contributed by atoms with E-state index in [1.54, 1.807) is 0 Å². The van der Waals surface area contributed by atoms with Crippen LogP contribution in [0.1, 0.15) is 0 Å². The predicted molar refractivity (Wildman–Crippen MR) is 49.8 cm³/mol. The molecule has 2 rings (SSSR count). The molecule has 1 heterocycles. The summed E-state index contributed by atoms with van der Waals surface area (Å²) in [6, 6.07) is 10.2. The predicted octanol–water partition coefficient (Wildman–Crippen LogP) is 0.338. The van der Waals surface area contributed by atoms with Gasteiger partial charge in [0.25, 0.3) is 0 Å². The molecule has 1 unspecified atom stereocenters. The van der Waals surface area contributed by atoms with Crippen LogP contribution in [-0.2, 0) is 0 Å². The van der Waals surface area contributed by atoms with E-state index in [4.69, 9.17) is 5.73 Å². The summed E-state index contributed by atoms with van der Waals surface area (Å²) in [4.78, 5) is 2.15. The molecule has 0 saturated carbocycles. The van der Waals surface area contributed by atoms with Gasteiger partial charge in [0.1, 0.15) is 6.29 Å². The third-order valence-electron chi connectivity index (χ3n) is 2.13. The number of para-hydroxylation sites is 1. The van der Waals surface area contributed by atoms with Crippen LogP contribution in [0.5, 0.6) is 0 Å². The van der Waals surface area contributed by atoms with Crippen molar-refractivity contribution in [3.8, 4) is 0 Å². The molecule has 0 bridgehead atoms. The number of rotatable bonds is 1. The molecule has 0 amide bonds. The van der Waals surface area contributed by atoms with E-state index in [2.05, 4.69) is 22.3 Å². The van der Waals surface area contributed by atoms with Crippen LogP contribution in [0.2, 0.25) is 0 Å². The van der Waals surface area contributed by atoms with Crippen LogP contribution in [0.4, 0.5) is 5.69 Å². The Kier molecular flexibility index (Phi) is 1.98. The lowest BCUT2D eigenvalue weighted by molar-refractivity contribution is 0.631. The molecule has 1 aliphatic heterocycles. The first-order valence-electron chi connectivity index (χ1n) is 4.18. The van der Waals surface area contributed by atoms with Gasteiger partial charge in [0, 0.05) is 18.8 Å². The van der Waals surface area contributed by atoms with Gasteiger partial charge >= 0.3 is 0 Å². The zero-order valence-corrected chi connectivity index (χ0v) is 6.90. The van der Waals surface area contributed by atoms with Crippen molar-refractivity contribution in [1.29, 1.82) is 0 Å². The van der Waals surface area contributed by atoms with Crippen molar-refractivity contribution < 1.29 is 0 Å². The summed E-state index contributed by atoms with van der Waals surface area (Å²) in [5, 5.41) is 3.17. The first kappa shape index (κ1) is 7.58. The lowest BCUT2D eigenvalue weighted by atomic mass is 10.3. The molecular formula is C9H13N3. The number of hydrogen-bond acceptors (Lipinski definition) is 3. The molecular weight excluding hydrogens is 150 g/mol. The lowest BCUT2D eigenvalue weighted by Gasteiger charge is -2.22. The van der Waals surface area contributed by atoms with E-state index in [0.717, 1.165) is 13.1 Å². The van der Waals surface area contributed by atoms with Crippen molar-refractivity contribution in [2.24, 2.45) is 5.73 Å². The molecule has 1 atom stereocenters. The number of nitrogens with one attached hydrogen (secondary N) is 1. The zero-order chi connectivity index (χ0) is 8.39. The van der Waals surface area contributed by atoms with Crippen LogP contribution < -0.4 is 16.0 Å². The van der Waals surface area contributed by atoms with Gasteiger partial charge in [0.15, 0.2) is 0 Å². The quantitative estimate of drug-likeness (QED) is 0.627. The standard InChI is InChI=1S/C9H13N3/c10-9-11-6-7-12(9)8-4-2-1-3-5-8/h1-5,9,11H,6-7,10H2. The Morgan fingerprint density at radius 3 is 2.67 bits per heavy atom. The van der Waals surface area contributed by atoms with Crippen LogP contribution in [0.3, 0.4) is 0 Å². The Morgan fingerprint density at radius 2 is 2.08 bits per heavy atom. The van der Waals surface area contributed by atoms with Crippen molar-refractivity contribution in [1.82, 2.24) is 5.32 Å². The van der Waals surface area contributed by atoms with E-state index >= 15 is 0 Å². The van der Waals surface area contributed by atoms with Gasteiger partial charge in [-0.15, -0.1) is 0 Å². The Hall–Kier alpha value is -1.06. The Morgan fingerprint density at radius 1 is 1.33 bits per heavy atom. The summed E-state index contributed by atoms with van der Waals surface area (Å²) in [5.74, 6) is 0. The number of anilines is 1. The number of nitrogens with zero attached hydrogens (tertiary/aromatic N) is 1. The Labute approximate surface area is 72.2 Å².